The van der Waals surface area contributed by atoms with Crippen molar-refractivity contribution in [3.05, 3.63) is 0 Å². The van der Waals surface area contributed by atoms with Crippen molar-refractivity contribution in [2.45, 2.75) is 65.3 Å². The van der Waals surface area contributed by atoms with E-state index in [-0.39, 0.29) is 0 Å². The van der Waals surface area contributed by atoms with Gasteiger partial charge in [0.1, 0.15) is 23.7 Å². The average Bonchev–Trinajstić information content (AvgIpc) is 2.49. The molecule has 3 amide bonds. The predicted octanol–water partition coefficient (Wildman–Crippen LogP) is 0.678. The number of ether oxygens (including phenoxy) is 1. The van der Waals surface area contributed by atoms with Gasteiger partial charge in [0.25, 0.3) is 0 Å². The summed E-state index contributed by atoms with van der Waals surface area (Å²) in [6.07, 6.45) is -0.654. The second-order valence-corrected chi connectivity index (χ2v) is 6.96. The molecule has 0 saturated heterocycles. The SMILES string of the molecule is C[C@H](C(=O)N[C@H](C)C(=O)O)N(C)C(=O)[C@H](C)N(C)C(=O)OC(C)(C)C. The lowest BCUT2D eigenvalue weighted by Gasteiger charge is -2.32. The molecule has 0 spiro atoms. The van der Waals surface area contributed by atoms with Gasteiger partial charge in [0.15, 0.2) is 0 Å². The van der Waals surface area contributed by atoms with Crippen molar-refractivity contribution < 1.29 is 29.0 Å². The number of hydrogen-bond acceptors (Lipinski definition) is 5. The molecule has 0 bridgehead atoms. The van der Waals surface area contributed by atoms with Crippen LogP contribution in [0.15, 0.2) is 0 Å². The molecule has 0 aromatic carbocycles. The van der Waals surface area contributed by atoms with Gasteiger partial charge >= 0.3 is 12.1 Å². The van der Waals surface area contributed by atoms with E-state index in [2.05, 4.69) is 5.32 Å². The second-order valence-electron chi connectivity index (χ2n) is 6.96. The fourth-order valence-corrected chi connectivity index (χ4v) is 1.71. The first kappa shape index (κ1) is 22.7. The van der Waals surface area contributed by atoms with E-state index in [1.165, 1.54) is 34.9 Å². The summed E-state index contributed by atoms with van der Waals surface area (Å²) in [5.74, 6) is -2.25. The van der Waals surface area contributed by atoms with Crippen LogP contribution in [0.5, 0.6) is 0 Å². The molecule has 144 valence electrons. The molecule has 9 heteroatoms. The van der Waals surface area contributed by atoms with Crippen LogP contribution in [0, 0.1) is 0 Å². The number of aliphatic carboxylic acids is 1. The average molecular weight is 359 g/mol. The van der Waals surface area contributed by atoms with Gasteiger partial charge in [-0.1, -0.05) is 0 Å². The van der Waals surface area contributed by atoms with Crippen molar-refractivity contribution in [3.63, 3.8) is 0 Å². The summed E-state index contributed by atoms with van der Waals surface area (Å²) in [7, 11) is 2.85. The summed E-state index contributed by atoms with van der Waals surface area (Å²) in [5.41, 5.74) is -0.694. The van der Waals surface area contributed by atoms with Crippen LogP contribution in [0.25, 0.3) is 0 Å². The van der Waals surface area contributed by atoms with Gasteiger partial charge in [0.05, 0.1) is 0 Å². The van der Waals surface area contributed by atoms with Gasteiger partial charge in [-0.15, -0.1) is 0 Å². The smallest absolute Gasteiger partial charge is 0.410 e. The number of amides is 3. The van der Waals surface area contributed by atoms with Crippen LogP contribution in [0.3, 0.4) is 0 Å². The van der Waals surface area contributed by atoms with E-state index < -0.39 is 47.6 Å². The summed E-state index contributed by atoms with van der Waals surface area (Å²) in [6.45, 7) is 9.47. The third kappa shape index (κ3) is 6.98. The largest absolute Gasteiger partial charge is 0.480 e. The molecule has 2 N–H and O–H groups in total. The van der Waals surface area contributed by atoms with Gasteiger partial charge in [-0.2, -0.15) is 0 Å². The summed E-state index contributed by atoms with van der Waals surface area (Å²) in [5, 5.41) is 11.1. The van der Waals surface area contributed by atoms with Crippen LogP contribution in [-0.4, -0.2) is 76.6 Å². The summed E-state index contributed by atoms with van der Waals surface area (Å²) < 4.78 is 5.21. The Balaban J connectivity index is 4.93. The molecule has 25 heavy (non-hydrogen) atoms. The van der Waals surface area contributed by atoms with Crippen molar-refractivity contribution in [1.29, 1.82) is 0 Å². The third-order valence-electron chi connectivity index (χ3n) is 3.66. The number of hydrogen-bond donors (Lipinski definition) is 2. The van der Waals surface area contributed by atoms with Crippen molar-refractivity contribution in [3.8, 4) is 0 Å². The molecule has 0 aliphatic heterocycles. The monoisotopic (exact) mass is 359 g/mol. The zero-order chi connectivity index (χ0) is 20.1. The molecule has 0 radical (unpaired) electrons. The Bertz CT molecular complexity index is 528. The molecule has 0 saturated carbocycles. The van der Waals surface area contributed by atoms with E-state index in [0.29, 0.717) is 0 Å². The van der Waals surface area contributed by atoms with E-state index in [4.69, 9.17) is 9.84 Å². The lowest BCUT2D eigenvalue weighted by molar-refractivity contribution is -0.144. The molecule has 0 aliphatic carbocycles. The molecule has 0 aliphatic rings. The number of nitrogens with one attached hydrogen (secondary N) is 1. The highest BCUT2D eigenvalue weighted by molar-refractivity contribution is 5.92. The van der Waals surface area contributed by atoms with E-state index >= 15 is 0 Å². The highest BCUT2D eigenvalue weighted by Crippen LogP contribution is 2.12. The Morgan fingerprint density at radius 3 is 1.84 bits per heavy atom. The van der Waals surface area contributed by atoms with E-state index in [1.54, 1.807) is 20.8 Å². The third-order valence-corrected chi connectivity index (χ3v) is 3.66. The fourth-order valence-electron chi connectivity index (χ4n) is 1.71. The molecule has 0 fully saturated rings. The molecule has 0 unspecified atom stereocenters. The zero-order valence-corrected chi connectivity index (χ0v) is 16.1. The maximum Gasteiger partial charge on any atom is 0.410 e. The Morgan fingerprint density at radius 1 is 0.960 bits per heavy atom. The maximum atomic E-state index is 12.5. The Morgan fingerprint density at radius 2 is 1.44 bits per heavy atom. The quantitative estimate of drug-likeness (QED) is 0.720. The fraction of sp³-hybridized carbons (Fsp3) is 0.750. The molecule has 0 aromatic rings. The van der Waals surface area contributed by atoms with Crippen LogP contribution >= 0.6 is 0 Å². The minimum Gasteiger partial charge on any atom is -0.480 e. The maximum absolute atomic E-state index is 12.5. The van der Waals surface area contributed by atoms with Gasteiger partial charge in [-0.25, -0.2) is 4.79 Å². The zero-order valence-electron chi connectivity index (χ0n) is 16.1. The van der Waals surface area contributed by atoms with Gasteiger partial charge in [0, 0.05) is 14.1 Å². The van der Waals surface area contributed by atoms with Gasteiger partial charge < -0.3 is 20.1 Å². The Hall–Kier alpha value is -2.32. The standard InChI is InChI=1S/C16H29N3O6/c1-9(14(22)23)17-12(20)10(2)18(7)13(21)11(3)19(8)15(24)25-16(4,5)6/h9-11H,1-8H3,(H,17,20)(H,22,23)/t9-,10-,11+/m1/s1. The highest BCUT2D eigenvalue weighted by Gasteiger charge is 2.32. The van der Waals surface area contributed by atoms with Gasteiger partial charge in [0.2, 0.25) is 11.8 Å². The van der Waals surface area contributed by atoms with Crippen molar-refractivity contribution >= 4 is 23.9 Å². The van der Waals surface area contributed by atoms with E-state index in [9.17, 15) is 19.2 Å². The van der Waals surface area contributed by atoms with Crippen molar-refractivity contribution in [2.75, 3.05) is 14.1 Å². The van der Waals surface area contributed by atoms with Crippen molar-refractivity contribution in [1.82, 2.24) is 15.1 Å². The Kier molecular flexibility index (Phi) is 7.88. The number of nitrogens with zero attached hydrogens (tertiary/aromatic N) is 2. The van der Waals surface area contributed by atoms with Crippen LogP contribution in [0.4, 0.5) is 4.79 Å². The predicted molar refractivity (Wildman–Crippen MR) is 90.9 cm³/mol. The summed E-state index contributed by atoms with van der Waals surface area (Å²) in [6, 6.07) is -2.82. The lowest BCUT2D eigenvalue weighted by Crippen LogP contribution is -2.54. The molecule has 0 aromatic heterocycles. The highest BCUT2D eigenvalue weighted by atomic mass is 16.6. The number of carbonyl (C=O) groups excluding carboxylic acids is 3. The molecule has 9 nitrogen and oxygen atoms in total. The molecule has 0 rings (SSSR count). The first-order chi connectivity index (χ1) is 11.2. The molecular weight excluding hydrogens is 330 g/mol. The normalized spacial score (nSPS) is 14.7. The number of carboxylic acids is 1. The van der Waals surface area contributed by atoms with E-state index in [1.807, 2.05) is 0 Å². The first-order valence-corrected chi connectivity index (χ1v) is 7.94. The molecule has 3 atom stereocenters. The topological polar surface area (TPSA) is 116 Å². The molecule has 0 heterocycles. The van der Waals surface area contributed by atoms with Crippen molar-refractivity contribution in [2.24, 2.45) is 0 Å². The number of carboxylic acid groups (broad SMARTS) is 1. The second kappa shape index (κ2) is 8.68. The number of likely N-dealkylation sites (N-methyl/N-ethyl adjacent to an activating group) is 2. The number of rotatable bonds is 6. The Labute approximate surface area is 148 Å². The minimum atomic E-state index is -1.17. The minimum absolute atomic E-state index is 0.473. The summed E-state index contributed by atoms with van der Waals surface area (Å²) >= 11 is 0. The van der Waals surface area contributed by atoms with Crippen LogP contribution in [-0.2, 0) is 19.1 Å². The first-order valence-electron chi connectivity index (χ1n) is 7.94. The van der Waals surface area contributed by atoms with E-state index in [0.717, 1.165) is 9.80 Å². The van der Waals surface area contributed by atoms with Crippen LogP contribution in [0.2, 0.25) is 0 Å². The van der Waals surface area contributed by atoms with Crippen LogP contribution in [0.1, 0.15) is 41.5 Å². The van der Waals surface area contributed by atoms with Gasteiger partial charge in [-0.05, 0) is 41.5 Å². The lowest BCUT2D eigenvalue weighted by atomic mass is 10.2. The van der Waals surface area contributed by atoms with Gasteiger partial charge in [-0.3, -0.25) is 19.3 Å². The number of carbonyl (C=O) groups is 4. The molecular formula is C16H29N3O6. The van der Waals surface area contributed by atoms with Crippen LogP contribution < -0.4 is 5.32 Å². The summed E-state index contributed by atoms with van der Waals surface area (Å²) in [4.78, 5) is 49.7.